The highest BCUT2D eigenvalue weighted by atomic mass is 16.4. The minimum atomic E-state index is -1.69. The van der Waals surface area contributed by atoms with Crippen molar-refractivity contribution in [2.45, 2.75) is 88.6 Å². The fraction of sp³-hybridized carbons (Fsp3) is 0.419. The third-order valence-corrected chi connectivity index (χ3v) is 10.3. The number of amides is 7. The molecule has 1 aliphatic heterocycles. The standard InChI is InChI=1S/C43H57N13O11/c1-22(2)14-31(39(63)53-29(42(66)67)8-5-13-47-43(45)46)52-35(59)19-49-38(62)32(15-23-9-11-25(58)12-10-23)55-41(65)34(20-57)56-40(64)33(16-24-18-48-28-7-4-3-6-26(24)28)54-36(60)27(44)17-30-37(61)51-21-50-30/h3-4,6-7,9-12,18,21-22,27,29,31-34,48,57-58H,5,8,13-17,19-20,44H2,1-2H3,(H,49,62)(H,52,59)(H,53,63)(H,54,60)(H,55,65)(H,56,64)(H,66,67)(H4,45,46,47)/t27-,29-,31-,32-,33-,34-/m0/s1. The molecule has 24 heteroatoms. The van der Waals surface area contributed by atoms with E-state index in [1.165, 1.54) is 24.3 Å². The predicted molar refractivity (Wildman–Crippen MR) is 244 cm³/mol. The highest BCUT2D eigenvalue weighted by molar-refractivity contribution is 6.44. The number of guanidine groups is 1. The Kier molecular flexibility index (Phi) is 19.4. The van der Waals surface area contributed by atoms with E-state index in [1.807, 2.05) is 0 Å². The number of H-pyrrole nitrogens is 1. The van der Waals surface area contributed by atoms with Gasteiger partial charge in [-0.05, 0) is 54.5 Å². The molecule has 0 bridgehead atoms. The maximum atomic E-state index is 13.9. The van der Waals surface area contributed by atoms with Gasteiger partial charge in [0.15, 0.2) is 5.96 Å². The second-order valence-corrected chi connectivity index (χ2v) is 16.1. The molecule has 0 radical (unpaired) electrons. The fourth-order valence-electron chi connectivity index (χ4n) is 6.82. The Balaban J connectivity index is 1.47. The number of benzene rings is 2. The summed E-state index contributed by atoms with van der Waals surface area (Å²) in [5.41, 5.74) is 18.4. The first-order valence-corrected chi connectivity index (χ1v) is 21.2. The number of carbonyl (C=O) groups excluding carboxylic acids is 7. The van der Waals surface area contributed by atoms with E-state index in [1.54, 1.807) is 44.3 Å². The van der Waals surface area contributed by atoms with Crippen LogP contribution in [-0.2, 0) is 51.2 Å². The van der Waals surface area contributed by atoms with E-state index >= 15 is 0 Å². The van der Waals surface area contributed by atoms with E-state index in [4.69, 9.17) is 17.2 Å². The summed E-state index contributed by atoms with van der Waals surface area (Å²) in [6.07, 6.45) is 2.37. The molecule has 7 amide bonds. The summed E-state index contributed by atoms with van der Waals surface area (Å²) in [4.78, 5) is 119. The van der Waals surface area contributed by atoms with Gasteiger partial charge in [-0.3, -0.25) is 38.6 Å². The number of para-hydroxylation sites is 1. The van der Waals surface area contributed by atoms with Gasteiger partial charge in [-0.2, -0.15) is 4.99 Å². The van der Waals surface area contributed by atoms with Gasteiger partial charge in [0.25, 0.3) is 5.91 Å². The molecule has 67 heavy (non-hydrogen) atoms. The number of nitrogens with two attached hydrogens (primary N) is 3. The Morgan fingerprint density at radius 1 is 0.776 bits per heavy atom. The van der Waals surface area contributed by atoms with Crippen LogP contribution in [0.15, 0.2) is 69.7 Å². The molecule has 0 saturated heterocycles. The molecule has 0 spiro atoms. The molecule has 360 valence electrons. The van der Waals surface area contributed by atoms with E-state index in [0.717, 1.165) is 17.2 Å². The van der Waals surface area contributed by atoms with Crippen LogP contribution >= 0.6 is 0 Å². The lowest BCUT2D eigenvalue weighted by atomic mass is 10.0. The first-order valence-electron chi connectivity index (χ1n) is 21.2. The number of nitrogens with zero attached hydrogens (tertiary/aromatic N) is 3. The number of hydrogen-bond donors (Lipinski definition) is 13. The van der Waals surface area contributed by atoms with E-state index < -0.39 is 96.7 Å². The number of carboxylic acids is 1. The van der Waals surface area contributed by atoms with Crippen molar-refractivity contribution in [3.05, 3.63) is 65.9 Å². The van der Waals surface area contributed by atoms with Crippen molar-refractivity contribution in [1.29, 1.82) is 0 Å². The summed E-state index contributed by atoms with van der Waals surface area (Å²) in [5.74, 6) is -7.68. The molecule has 16 N–H and O–H groups in total. The highest BCUT2D eigenvalue weighted by Crippen LogP contribution is 2.20. The summed E-state index contributed by atoms with van der Waals surface area (Å²) in [6.45, 7) is 2.01. The number of nitrogens with one attached hydrogen (secondary N) is 7. The molecule has 0 fully saturated rings. The zero-order valence-corrected chi connectivity index (χ0v) is 36.9. The van der Waals surface area contributed by atoms with Crippen LogP contribution in [0.2, 0.25) is 0 Å². The number of aromatic amines is 1. The number of phenols is 1. The van der Waals surface area contributed by atoms with Crippen LogP contribution in [0.1, 0.15) is 50.7 Å². The largest absolute Gasteiger partial charge is 0.508 e. The Hall–Kier alpha value is -7.73. The fourth-order valence-corrected chi connectivity index (χ4v) is 6.82. The van der Waals surface area contributed by atoms with Crippen molar-refractivity contribution in [3.63, 3.8) is 0 Å². The number of aliphatic hydroxyl groups excluding tert-OH is 1. The van der Waals surface area contributed by atoms with Crippen molar-refractivity contribution < 1.29 is 53.7 Å². The summed E-state index contributed by atoms with van der Waals surface area (Å²) in [7, 11) is 0. The minimum absolute atomic E-state index is 0.0145. The second-order valence-electron chi connectivity index (χ2n) is 16.1. The van der Waals surface area contributed by atoms with Gasteiger partial charge < -0.3 is 69.4 Å². The third kappa shape index (κ3) is 16.3. The molecule has 0 aliphatic carbocycles. The highest BCUT2D eigenvalue weighted by Gasteiger charge is 2.33. The van der Waals surface area contributed by atoms with Crippen LogP contribution in [0, 0.1) is 5.92 Å². The van der Waals surface area contributed by atoms with Gasteiger partial charge in [0.05, 0.1) is 19.2 Å². The number of carbonyl (C=O) groups is 8. The number of aliphatic imine (C=N–C) groups is 3. The van der Waals surface area contributed by atoms with Crippen LogP contribution < -0.4 is 49.1 Å². The first-order chi connectivity index (χ1) is 31.8. The Morgan fingerprint density at radius 2 is 1.40 bits per heavy atom. The maximum Gasteiger partial charge on any atom is 0.326 e. The third-order valence-electron chi connectivity index (χ3n) is 10.3. The van der Waals surface area contributed by atoms with Crippen molar-refractivity contribution >= 4 is 76.2 Å². The normalized spacial score (nSPS) is 14.7. The number of aromatic nitrogens is 1. The molecule has 1 aromatic heterocycles. The van der Waals surface area contributed by atoms with E-state index in [9.17, 15) is 53.7 Å². The average Bonchev–Trinajstić information content (AvgIpc) is 3.89. The lowest BCUT2D eigenvalue weighted by Gasteiger charge is -2.25. The number of fused-ring (bicyclic) bond motifs is 1. The summed E-state index contributed by atoms with van der Waals surface area (Å²) in [6, 6.07) is 4.42. The second kappa shape index (κ2) is 25.1. The predicted octanol–water partition coefficient (Wildman–Crippen LogP) is -2.90. The Morgan fingerprint density at radius 3 is 2.04 bits per heavy atom. The molecule has 0 saturated carbocycles. The molecule has 2 heterocycles. The van der Waals surface area contributed by atoms with E-state index in [2.05, 4.69) is 51.9 Å². The molecular formula is C43H57N13O11. The van der Waals surface area contributed by atoms with Crippen molar-refractivity contribution in [2.24, 2.45) is 38.1 Å². The van der Waals surface area contributed by atoms with Crippen molar-refractivity contribution in [3.8, 4) is 5.75 Å². The zero-order valence-electron chi connectivity index (χ0n) is 36.9. The molecule has 6 atom stereocenters. The van der Waals surface area contributed by atoms with Crippen LogP contribution in [0.3, 0.4) is 0 Å². The van der Waals surface area contributed by atoms with Gasteiger partial charge in [0.1, 0.15) is 48.0 Å². The summed E-state index contributed by atoms with van der Waals surface area (Å²) >= 11 is 0. The molecule has 0 unspecified atom stereocenters. The summed E-state index contributed by atoms with van der Waals surface area (Å²) in [5, 5.41) is 45.4. The number of rotatable bonds is 26. The SMILES string of the molecule is CC(C)C[C@H](NC(=O)CNC(=O)[C@H](Cc1ccc(O)cc1)NC(=O)[C@H](CO)NC(=O)[C@H](Cc1c[nH]c2ccccc12)NC(=O)[C@@H](N)CC1=NC=NC1=O)C(=O)N[C@@H](CCCN=C(N)N)C(=O)O. The zero-order chi connectivity index (χ0) is 49.2. The van der Waals surface area contributed by atoms with Gasteiger partial charge in [-0.1, -0.05) is 44.2 Å². The smallest absolute Gasteiger partial charge is 0.326 e. The molecular weight excluding hydrogens is 875 g/mol. The number of hydrogen-bond acceptors (Lipinski definition) is 13. The monoisotopic (exact) mass is 931 g/mol. The van der Waals surface area contributed by atoms with Crippen LogP contribution in [0.5, 0.6) is 5.75 Å². The molecule has 4 rings (SSSR count). The summed E-state index contributed by atoms with van der Waals surface area (Å²) < 4.78 is 0. The number of phenolic OH excluding ortho intramolecular Hbond substituents is 1. The molecule has 2 aromatic carbocycles. The minimum Gasteiger partial charge on any atom is -0.508 e. The number of aliphatic hydroxyl groups is 1. The lowest BCUT2D eigenvalue weighted by Crippen LogP contribution is -2.59. The van der Waals surface area contributed by atoms with Crippen LogP contribution in [0.25, 0.3) is 10.9 Å². The molecule has 1 aliphatic rings. The van der Waals surface area contributed by atoms with Crippen LogP contribution in [0.4, 0.5) is 0 Å². The first kappa shape index (κ1) is 51.9. The van der Waals surface area contributed by atoms with Crippen LogP contribution in [-0.4, -0.2) is 142 Å². The van der Waals surface area contributed by atoms with Gasteiger partial charge in [0, 0.05) is 42.9 Å². The van der Waals surface area contributed by atoms with E-state index in [0.29, 0.717) is 11.1 Å². The Bertz CT molecular complexity index is 2360. The maximum absolute atomic E-state index is 13.9. The number of carboxylic acid groups (broad SMARTS) is 1. The molecule has 3 aromatic rings. The lowest BCUT2D eigenvalue weighted by molar-refractivity contribution is -0.142. The topological polar surface area (TPSA) is 400 Å². The van der Waals surface area contributed by atoms with E-state index in [-0.39, 0.29) is 68.4 Å². The van der Waals surface area contributed by atoms with Gasteiger partial charge in [-0.25, -0.2) is 9.79 Å². The number of aliphatic carboxylic acids is 1. The van der Waals surface area contributed by atoms with Crippen molar-refractivity contribution in [2.75, 3.05) is 19.7 Å². The average molecular weight is 932 g/mol. The van der Waals surface area contributed by atoms with Gasteiger partial charge >= 0.3 is 5.97 Å². The van der Waals surface area contributed by atoms with Gasteiger partial charge in [0.2, 0.25) is 35.4 Å². The number of aromatic hydroxyl groups is 1. The van der Waals surface area contributed by atoms with Crippen molar-refractivity contribution in [1.82, 2.24) is 36.9 Å². The Labute approximate surface area is 384 Å². The quantitative estimate of drug-likeness (QED) is 0.0218. The van der Waals surface area contributed by atoms with Gasteiger partial charge in [-0.15, -0.1) is 0 Å². The molecule has 24 nitrogen and oxygen atoms in total.